The second-order valence-electron chi connectivity index (χ2n) is 2.85. The Morgan fingerprint density at radius 2 is 1.88 bits per heavy atom. The van der Waals surface area contributed by atoms with E-state index >= 15 is 0 Å². The van der Waals surface area contributed by atoms with Gasteiger partial charge >= 0.3 is 0 Å². The summed E-state index contributed by atoms with van der Waals surface area (Å²) in [6.07, 6.45) is 2.98. The van der Waals surface area contributed by atoms with Crippen molar-refractivity contribution in [2.45, 2.75) is 0 Å². The van der Waals surface area contributed by atoms with Gasteiger partial charge in [0.15, 0.2) is 5.11 Å². The van der Waals surface area contributed by atoms with Crippen LogP contribution in [0.15, 0.2) is 34.5 Å². The van der Waals surface area contributed by atoms with Crippen LogP contribution in [0.2, 0.25) is 5.02 Å². The third kappa shape index (κ3) is 5.84. The number of nitrogens with one attached hydrogen (secondary N) is 3. The maximum Gasteiger partial charge on any atom is 0.191 e. The van der Waals surface area contributed by atoms with Gasteiger partial charge < -0.3 is 10.7 Å². The minimum absolute atomic E-state index is 0.390. The first kappa shape index (κ1) is 13.4. The number of nitrogens with zero attached hydrogens (tertiary/aromatic N) is 2. The zero-order chi connectivity index (χ0) is 12.5. The summed E-state index contributed by atoms with van der Waals surface area (Å²) in [5.41, 5.74) is 6.07. The van der Waals surface area contributed by atoms with Crippen LogP contribution in [0.3, 0.4) is 0 Å². The van der Waals surface area contributed by atoms with E-state index in [1.165, 1.54) is 12.4 Å². The average Bonchev–Trinajstić information content (AvgIpc) is 2.32. The van der Waals surface area contributed by atoms with E-state index in [1.807, 2.05) is 12.1 Å². The first-order valence-corrected chi connectivity index (χ1v) is 5.55. The van der Waals surface area contributed by atoms with Crippen LogP contribution in [0.5, 0.6) is 0 Å². The van der Waals surface area contributed by atoms with E-state index in [1.54, 1.807) is 19.2 Å². The molecule has 3 N–H and O–H groups in total. The van der Waals surface area contributed by atoms with E-state index in [9.17, 15) is 0 Å². The number of anilines is 1. The van der Waals surface area contributed by atoms with Gasteiger partial charge in [-0.05, 0) is 36.5 Å². The fourth-order valence-corrected chi connectivity index (χ4v) is 1.23. The molecule has 0 aliphatic carbocycles. The van der Waals surface area contributed by atoms with Gasteiger partial charge in [0, 0.05) is 17.8 Å². The molecule has 0 saturated heterocycles. The fourth-order valence-electron chi connectivity index (χ4n) is 0.929. The molecule has 0 atom stereocenters. The van der Waals surface area contributed by atoms with Gasteiger partial charge in [0.05, 0.1) is 12.4 Å². The van der Waals surface area contributed by atoms with Crippen LogP contribution >= 0.6 is 23.8 Å². The highest BCUT2D eigenvalue weighted by Crippen LogP contribution is 2.12. The van der Waals surface area contributed by atoms with Crippen molar-refractivity contribution in [3.8, 4) is 0 Å². The van der Waals surface area contributed by atoms with Crippen molar-refractivity contribution < 1.29 is 0 Å². The Bertz CT molecular complexity index is 415. The molecule has 0 heterocycles. The van der Waals surface area contributed by atoms with E-state index in [2.05, 4.69) is 26.4 Å². The van der Waals surface area contributed by atoms with E-state index in [0.717, 1.165) is 5.69 Å². The van der Waals surface area contributed by atoms with Crippen molar-refractivity contribution in [1.29, 1.82) is 0 Å². The highest BCUT2D eigenvalue weighted by molar-refractivity contribution is 7.80. The van der Waals surface area contributed by atoms with Crippen LogP contribution in [-0.2, 0) is 0 Å². The molecule has 0 unspecified atom stereocenters. The minimum atomic E-state index is 0.390. The molecule has 0 aromatic heterocycles. The fraction of sp³-hybridized carbons (Fsp3) is 0.100. The van der Waals surface area contributed by atoms with Gasteiger partial charge in [0.1, 0.15) is 0 Å². The van der Waals surface area contributed by atoms with Crippen LogP contribution in [-0.4, -0.2) is 24.6 Å². The van der Waals surface area contributed by atoms with E-state index in [-0.39, 0.29) is 0 Å². The molecule has 0 aliphatic rings. The molecule has 90 valence electrons. The molecule has 7 heteroatoms. The predicted octanol–water partition coefficient (Wildman–Crippen LogP) is 1.82. The molecule has 1 aromatic carbocycles. The van der Waals surface area contributed by atoms with Gasteiger partial charge in [-0.2, -0.15) is 10.2 Å². The number of hydrazone groups is 2. The topological polar surface area (TPSA) is 60.8 Å². The molecule has 0 amide bonds. The molecule has 1 aromatic rings. The Hall–Kier alpha value is -1.66. The molecule has 0 fully saturated rings. The summed E-state index contributed by atoms with van der Waals surface area (Å²) < 4.78 is 0. The van der Waals surface area contributed by atoms with E-state index in [4.69, 9.17) is 23.8 Å². The molecule has 17 heavy (non-hydrogen) atoms. The minimum Gasteiger partial charge on any atom is -0.331 e. The number of halogens is 1. The Morgan fingerprint density at radius 1 is 1.24 bits per heavy atom. The predicted molar refractivity (Wildman–Crippen MR) is 76.9 cm³/mol. The first-order valence-electron chi connectivity index (χ1n) is 4.76. The quantitative estimate of drug-likeness (QED) is 0.443. The molecule has 0 saturated carbocycles. The number of thiocarbonyl (C=S) groups is 1. The van der Waals surface area contributed by atoms with Gasteiger partial charge in [-0.25, -0.2) is 0 Å². The Morgan fingerprint density at radius 3 is 2.53 bits per heavy atom. The van der Waals surface area contributed by atoms with Crippen LogP contribution in [0.1, 0.15) is 0 Å². The second kappa shape index (κ2) is 7.59. The smallest absolute Gasteiger partial charge is 0.191 e. The summed E-state index contributed by atoms with van der Waals surface area (Å²) in [5.74, 6) is 0. The first-order chi connectivity index (χ1) is 8.22. The molecule has 0 radical (unpaired) electrons. The zero-order valence-corrected chi connectivity index (χ0v) is 10.7. The summed E-state index contributed by atoms with van der Waals surface area (Å²) in [5, 5.41) is 11.6. The van der Waals surface area contributed by atoms with Crippen LogP contribution in [0.4, 0.5) is 5.69 Å². The summed E-state index contributed by atoms with van der Waals surface area (Å²) in [7, 11) is 1.70. The standard InChI is InChI=1S/C10H12ClN5S/c1-12-13-6-7-14-16-10(17)15-9-4-2-8(11)3-5-9/h2-7,12H,1H3,(H2,15,16,17)/b13-6+,14-7+. The third-order valence-electron chi connectivity index (χ3n) is 1.61. The van der Waals surface area contributed by atoms with Crippen molar-refractivity contribution in [2.75, 3.05) is 12.4 Å². The van der Waals surface area contributed by atoms with Crippen molar-refractivity contribution in [3.05, 3.63) is 29.3 Å². The van der Waals surface area contributed by atoms with Crippen LogP contribution in [0.25, 0.3) is 0 Å². The highest BCUT2D eigenvalue weighted by Gasteiger charge is 1.95. The molecular weight excluding hydrogens is 258 g/mol. The summed E-state index contributed by atoms with van der Waals surface area (Å²) in [4.78, 5) is 0. The van der Waals surface area contributed by atoms with Gasteiger partial charge in [-0.15, -0.1) is 0 Å². The van der Waals surface area contributed by atoms with Crippen molar-refractivity contribution in [1.82, 2.24) is 10.9 Å². The summed E-state index contributed by atoms with van der Waals surface area (Å²) >= 11 is 10.8. The van der Waals surface area contributed by atoms with E-state index < -0.39 is 0 Å². The van der Waals surface area contributed by atoms with Crippen LogP contribution < -0.4 is 16.2 Å². The maximum absolute atomic E-state index is 5.76. The lowest BCUT2D eigenvalue weighted by Crippen LogP contribution is -2.23. The largest absolute Gasteiger partial charge is 0.331 e. The Kier molecular flexibility index (Phi) is 5.98. The van der Waals surface area contributed by atoms with Crippen molar-refractivity contribution in [2.24, 2.45) is 10.2 Å². The Labute approximate surface area is 110 Å². The molecule has 5 nitrogen and oxygen atoms in total. The lowest BCUT2D eigenvalue weighted by Gasteiger charge is -2.06. The highest BCUT2D eigenvalue weighted by atomic mass is 35.5. The molecule has 0 bridgehead atoms. The third-order valence-corrected chi connectivity index (χ3v) is 2.06. The van der Waals surface area contributed by atoms with Gasteiger partial charge in [0.25, 0.3) is 0 Å². The maximum atomic E-state index is 5.76. The van der Waals surface area contributed by atoms with Gasteiger partial charge in [-0.1, -0.05) is 11.6 Å². The summed E-state index contributed by atoms with van der Waals surface area (Å²) in [6.45, 7) is 0. The number of rotatable bonds is 4. The van der Waals surface area contributed by atoms with Gasteiger partial charge in [-0.3, -0.25) is 5.43 Å². The van der Waals surface area contributed by atoms with Crippen molar-refractivity contribution in [3.63, 3.8) is 0 Å². The SMILES string of the molecule is CN/N=C/C=N/NC(=S)Nc1ccc(Cl)cc1. The monoisotopic (exact) mass is 269 g/mol. The normalized spacial score (nSPS) is 10.7. The molecule has 0 spiro atoms. The molecular formula is C10H12ClN5S. The van der Waals surface area contributed by atoms with E-state index in [0.29, 0.717) is 10.1 Å². The summed E-state index contributed by atoms with van der Waals surface area (Å²) in [6, 6.07) is 7.19. The Balaban J connectivity index is 2.37. The number of hydrogen-bond acceptors (Lipinski definition) is 4. The second-order valence-corrected chi connectivity index (χ2v) is 3.70. The van der Waals surface area contributed by atoms with Gasteiger partial charge in [0.2, 0.25) is 0 Å². The van der Waals surface area contributed by atoms with Crippen molar-refractivity contribution >= 4 is 47.0 Å². The number of hydrogen-bond donors (Lipinski definition) is 3. The zero-order valence-electron chi connectivity index (χ0n) is 9.14. The van der Waals surface area contributed by atoms with Crippen LogP contribution in [0, 0.1) is 0 Å². The molecule has 1 rings (SSSR count). The average molecular weight is 270 g/mol. The lowest BCUT2D eigenvalue weighted by atomic mass is 10.3. The molecule has 0 aliphatic heterocycles. The number of benzene rings is 1. The lowest BCUT2D eigenvalue weighted by molar-refractivity contribution is 0.910.